The van der Waals surface area contributed by atoms with Crippen molar-refractivity contribution in [3.63, 3.8) is 0 Å². The Morgan fingerprint density at radius 1 is 1.16 bits per heavy atom. The average molecular weight is 445 g/mol. The Morgan fingerprint density at radius 3 is 2.66 bits per heavy atom. The first-order valence-corrected chi connectivity index (χ1v) is 10.4. The molecule has 1 fully saturated rings. The summed E-state index contributed by atoms with van der Waals surface area (Å²) in [5, 5.41) is 0. The number of halogens is 3. The van der Waals surface area contributed by atoms with Crippen LogP contribution in [0, 0.1) is 0 Å². The van der Waals surface area contributed by atoms with Crippen molar-refractivity contribution < 1.29 is 22.7 Å². The van der Waals surface area contributed by atoms with Gasteiger partial charge in [0.15, 0.2) is 0 Å². The quantitative estimate of drug-likeness (QED) is 0.723. The van der Waals surface area contributed by atoms with Gasteiger partial charge in [-0.15, -0.1) is 0 Å². The summed E-state index contributed by atoms with van der Waals surface area (Å²) in [4.78, 5) is 28.9. The van der Waals surface area contributed by atoms with E-state index in [1.165, 1.54) is 12.0 Å². The number of aliphatic imine (C=N–C) groups is 1. The van der Waals surface area contributed by atoms with E-state index in [4.69, 9.17) is 4.74 Å². The topological polar surface area (TPSA) is 70.9 Å². The molecule has 3 aliphatic heterocycles. The van der Waals surface area contributed by atoms with E-state index in [-0.39, 0.29) is 30.9 Å². The van der Waals surface area contributed by atoms with Gasteiger partial charge in [-0.3, -0.25) is 14.7 Å². The lowest BCUT2D eigenvalue weighted by Gasteiger charge is -2.34. The number of carbonyl (C=O) groups excluding carboxylic acids is 1. The van der Waals surface area contributed by atoms with Gasteiger partial charge in [0, 0.05) is 49.2 Å². The van der Waals surface area contributed by atoms with Crippen LogP contribution in [0.5, 0.6) is 6.01 Å². The van der Waals surface area contributed by atoms with Gasteiger partial charge < -0.3 is 9.64 Å². The predicted octanol–water partition coefficient (Wildman–Crippen LogP) is 2.36. The van der Waals surface area contributed by atoms with Crippen LogP contribution in [0.4, 0.5) is 13.2 Å². The summed E-state index contributed by atoms with van der Waals surface area (Å²) in [6.07, 6.45) is -0.0716. The number of benzene rings is 1. The molecule has 1 aromatic heterocycles. The van der Waals surface area contributed by atoms with Gasteiger partial charge in [-0.1, -0.05) is 6.07 Å². The highest BCUT2D eigenvalue weighted by molar-refractivity contribution is 6.15. The Bertz CT molecular complexity index is 1080. The lowest BCUT2D eigenvalue weighted by Crippen LogP contribution is -2.45. The number of amides is 1. The van der Waals surface area contributed by atoms with E-state index < -0.39 is 12.7 Å². The first-order chi connectivity index (χ1) is 15.3. The fraction of sp³-hybridized carbons (Fsp3) is 0.455. The summed E-state index contributed by atoms with van der Waals surface area (Å²) >= 11 is 0. The maximum Gasteiger partial charge on any atom is 0.401 e. The summed E-state index contributed by atoms with van der Waals surface area (Å²) in [5.74, 6) is -0.0287. The Kier molecular flexibility index (Phi) is 5.11. The minimum Gasteiger partial charge on any atom is -0.467 e. The van der Waals surface area contributed by atoms with Crippen LogP contribution < -0.4 is 4.74 Å². The molecule has 1 atom stereocenters. The Morgan fingerprint density at radius 2 is 1.94 bits per heavy atom. The van der Waals surface area contributed by atoms with Crippen LogP contribution in [0.15, 0.2) is 29.5 Å². The molecule has 2 aromatic rings. The number of hydrogen-bond donors (Lipinski definition) is 0. The molecule has 168 valence electrons. The van der Waals surface area contributed by atoms with Crippen LogP contribution >= 0.6 is 0 Å². The number of carbonyl (C=O) groups is 1. The molecule has 0 radical (unpaired) electrons. The second-order valence-electron chi connectivity index (χ2n) is 8.39. The molecule has 0 aliphatic carbocycles. The number of ether oxygens (including phenoxy) is 1. The number of nitrogens with zero attached hydrogens (tertiary/aromatic N) is 5. The highest BCUT2D eigenvalue weighted by Gasteiger charge is 2.38. The standard InChI is InChI=1S/C22H22F3N5O2/c1-32-21-27-8-16(9-28-21)20-18-5-15-10-30(17-2-3-29(11-17)12-22(23,24)25)19(31)6-13(15)4-14(18)7-26-20/h4-5,8-9,17H,2-3,6-7,10-12H2,1H3/t17-/m1/s1. The summed E-state index contributed by atoms with van der Waals surface area (Å²) in [5.41, 5.74) is 5.60. The third-order valence-corrected chi connectivity index (χ3v) is 6.27. The van der Waals surface area contributed by atoms with Crippen LogP contribution in [-0.4, -0.2) is 70.3 Å². The first-order valence-electron chi connectivity index (χ1n) is 10.4. The normalized spacial score (nSPS) is 20.9. The molecule has 7 nitrogen and oxygen atoms in total. The molecule has 32 heavy (non-hydrogen) atoms. The van der Waals surface area contributed by atoms with Gasteiger partial charge in [-0.05, 0) is 29.2 Å². The summed E-state index contributed by atoms with van der Waals surface area (Å²) in [6.45, 7) is 0.593. The van der Waals surface area contributed by atoms with Gasteiger partial charge in [-0.2, -0.15) is 13.2 Å². The molecule has 3 aliphatic rings. The number of fused-ring (bicyclic) bond motifs is 2. The molecular weight excluding hydrogens is 423 g/mol. The second-order valence-corrected chi connectivity index (χ2v) is 8.39. The number of alkyl halides is 3. The van der Waals surface area contributed by atoms with Crippen LogP contribution in [0.2, 0.25) is 0 Å². The number of rotatable bonds is 4. The van der Waals surface area contributed by atoms with E-state index in [9.17, 15) is 18.0 Å². The molecule has 5 rings (SSSR count). The zero-order chi connectivity index (χ0) is 22.5. The van der Waals surface area contributed by atoms with E-state index in [0.717, 1.165) is 33.5 Å². The van der Waals surface area contributed by atoms with Gasteiger partial charge in [0.25, 0.3) is 0 Å². The van der Waals surface area contributed by atoms with Gasteiger partial charge >= 0.3 is 12.2 Å². The van der Waals surface area contributed by atoms with E-state index in [1.54, 1.807) is 17.3 Å². The Hall–Kier alpha value is -3.01. The third kappa shape index (κ3) is 3.94. The minimum absolute atomic E-state index is 0.0287. The summed E-state index contributed by atoms with van der Waals surface area (Å²) in [7, 11) is 1.50. The summed E-state index contributed by atoms with van der Waals surface area (Å²) in [6, 6.07) is 4.17. The van der Waals surface area contributed by atoms with Crippen molar-refractivity contribution in [3.05, 3.63) is 52.3 Å². The third-order valence-electron chi connectivity index (χ3n) is 6.27. The Labute approximate surface area is 182 Å². The van der Waals surface area contributed by atoms with E-state index in [1.807, 2.05) is 6.07 Å². The van der Waals surface area contributed by atoms with Crippen LogP contribution in [0.25, 0.3) is 0 Å². The first kappa shape index (κ1) is 20.9. The van der Waals surface area contributed by atoms with Crippen LogP contribution in [0.3, 0.4) is 0 Å². The lowest BCUT2D eigenvalue weighted by molar-refractivity contribution is -0.144. The fourth-order valence-corrected chi connectivity index (χ4v) is 4.78. The average Bonchev–Trinajstić information content (AvgIpc) is 3.37. The number of hydrogen-bond acceptors (Lipinski definition) is 6. The van der Waals surface area contributed by atoms with Crippen molar-refractivity contribution in [2.24, 2.45) is 4.99 Å². The molecule has 1 amide bonds. The van der Waals surface area contributed by atoms with Crippen molar-refractivity contribution in [1.29, 1.82) is 0 Å². The Balaban J connectivity index is 1.36. The zero-order valence-corrected chi connectivity index (χ0v) is 17.5. The maximum absolute atomic E-state index is 12.8. The molecular formula is C22H22F3N5O2. The molecule has 0 bridgehead atoms. The largest absolute Gasteiger partial charge is 0.467 e. The maximum atomic E-state index is 12.8. The molecule has 0 unspecified atom stereocenters. The van der Waals surface area contributed by atoms with E-state index in [2.05, 4.69) is 21.0 Å². The molecule has 0 saturated carbocycles. The van der Waals surface area contributed by atoms with Crippen molar-refractivity contribution in [1.82, 2.24) is 19.8 Å². The van der Waals surface area contributed by atoms with Crippen molar-refractivity contribution in [2.75, 3.05) is 26.7 Å². The predicted molar refractivity (Wildman–Crippen MR) is 110 cm³/mol. The molecule has 10 heteroatoms. The van der Waals surface area contributed by atoms with E-state index in [0.29, 0.717) is 26.1 Å². The highest BCUT2D eigenvalue weighted by atomic mass is 19.4. The number of likely N-dealkylation sites (tertiary alicyclic amines) is 1. The number of aromatic nitrogens is 2. The van der Waals surface area contributed by atoms with Crippen molar-refractivity contribution >= 4 is 11.6 Å². The van der Waals surface area contributed by atoms with E-state index >= 15 is 0 Å². The molecule has 4 heterocycles. The van der Waals surface area contributed by atoms with Gasteiger partial charge in [0.1, 0.15) is 0 Å². The van der Waals surface area contributed by atoms with Crippen molar-refractivity contribution in [3.8, 4) is 6.01 Å². The second kappa shape index (κ2) is 7.84. The van der Waals surface area contributed by atoms with Gasteiger partial charge in [-0.25, -0.2) is 9.97 Å². The molecule has 1 aromatic carbocycles. The molecule has 1 saturated heterocycles. The summed E-state index contributed by atoms with van der Waals surface area (Å²) < 4.78 is 43.3. The smallest absolute Gasteiger partial charge is 0.401 e. The molecule has 0 spiro atoms. The van der Waals surface area contributed by atoms with Crippen LogP contribution in [0.1, 0.15) is 34.2 Å². The highest BCUT2D eigenvalue weighted by Crippen LogP contribution is 2.32. The monoisotopic (exact) mass is 445 g/mol. The van der Waals surface area contributed by atoms with Crippen molar-refractivity contribution in [2.45, 2.75) is 38.1 Å². The SMILES string of the molecule is COc1ncc(C2=NCc3cc4c(cc32)CN([C@@H]2CCN(CC(F)(F)F)C2)C(=O)C4)cn1. The van der Waals surface area contributed by atoms with Gasteiger partial charge in [0.2, 0.25) is 5.91 Å². The lowest BCUT2D eigenvalue weighted by atomic mass is 9.91. The number of methoxy groups -OCH3 is 1. The fourth-order valence-electron chi connectivity index (χ4n) is 4.78. The van der Waals surface area contributed by atoms with Crippen LogP contribution in [-0.2, 0) is 24.3 Å². The van der Waals surface area contributed by atoms with Gasteiger partial charge in [0.05, 0.1) is 32.3 Å². The zero-order valence-electron chi connectivity index (χ0n) is 17.5. The minimum atomic E-state index is -4.23. The molecule has 0 N–H and O–H groups in total.